The van der Waals surface area contributed by atoms with Gasteiger partial charge in [0, 0.05) is 22.7 Å². The predicted molar refractivity (Wildman–Crippen MR) is 86.1 cm³/mol. The number of halogens is 1. The zero-order valence-corrected chi connectivity index (χ0v) is 12.7. The van der Waals surface area contributed by atoms with E-state index in [9.17, 15) is 9.18 Å². The summed E-state index contributed by atoms with van der Waals surface area (Å²) in [7, 11) is 0. The van der Waals surface area contributed by atoms with Gasteiger partial charge in [0.1, 0.15) is 5.82 Å². The maximum atomic E-state index is 13.1. The van der Waals surface area contributed by atoms with E-state index in [1.54, 1.807) is 36.4 Å². The summed E-state index contributed by atoms with van der Waals surface area (Å²) in [5, 5.41) is 6.63. The Bertz CT molecular complexity index is 885. The Labute approximate surface area is 137 Å². The normalized spacial score (nSPS) is 13.7. The molecule has 1 aliphatic carbocycles. The Balaban J connectivity index is 1.49. The lowest BCUT2D eigenvalue weighted by atomic mass is 10.1. The van der Waals surface area contributed by atoms with Gasteiger partial charge in [0.15, 0.2) is 0 Å². The van der Waals surface area contributed by atoms with E-state index in [2.05, 4.69) is 15.5 Å². The summed E-state index contributed by atoms with van der Waals surface area (Å²) in [5.74, 6) is 0.903. The maximum Gasteiger partial charge on any atom is 0.255 e. The maximum absolute atomic E-state index is 13.1. The number of rotatable bonds is 4. The van der Waals surface area contributed by atoms with Crippen molar-refractivity contribution in [3.05, 3.63) is 65.8 Å². The van der Waals surface area contributed by atoms with Gasteiger partial charge in [0.25, 0.3) is 5.91 Å². The Morgan fingerprint density at radius 3 is 2.67 bits per heavy atom. The molecule has 4 rings (SSSR count). The third kappa shape index (κ3) is 3.03. The molecule has 0 saturated heterocycles. The fraction of sp³-hybridized carbons (Fsp3) is 0.167. The molecule has 0 bridgehead atoms. The molecule has 0 radical (unpaired) electrons. The second-order valence-corrected chi connectivity index (χ2v) is 5.77. The highest BCUT2D eigenvalue weighted by molar-refractivity contribution is 6.04. The lowest BCUT2D eigenvalue weighted by Gasteiger charge is -2.05. The average molecular weight is 323 g/mol. The Kier molecular flexibility index (Phi) is 3.57. The molecule has 5 nitrogen and oxygen atoms in total. The molecule has 1 aliphatic rings. The van der Waals surface area contributed by atoms with Crippen LogP contribution in [0.1, 0.15) is 35.0 Å². The van der Waals surface area contributed by atoms with Gasteiger partial charge in [-0.2, -0.15) is 4.98 Å². The summed E-state index contributed by atoms with van der Waals surface area (Å²) < 4.78 is 18.4. The van der Waals surface area contributed by atoms with Crippen LogP contribution in [0.5, 0.6) is 0 Å². The third-order valence-electron chi connectivity index (χ3n) is 3.86. The Morgan fingerprint density at radius 1 is 1.17 bits per heavy atom. The first-order chi connectivity index (χ1) is 11.7. The number of nitrogens with one attached hydrogen (secondary N) is 1. The number of aromatic nitrogens is 2. The molecule has 0 aliphatic heterocycles. The van der Waals surface area contributed by atoms with E-state index in [4.69, 9.17) is 4.52 Å². The quantitative estimate of drug-likeness (QED) is 0.788. The number of nitrogens with zero attached hydrogens (tertiary/aromatic N) is 2. The summed E-state index contributed by atoms with van der Waals surface area (Å²) in [5.41, 5.74) is 1.66. The van der Waals surface area contributed by atoms with Gasteiger partial charge < -0.3 is 9.84 Å². The second-order valence-electron chi connectivity index (χ2n) is 5.77. The molecule has 1 heterocycles. The molecule has 2 aromatic carbocycles. The summed E-state index contributed by atoms with van der Waals surface area (Å²) in [6, 6.07) is 12.7. The number of carbonyl (C=O) groups is 1. The molecule has 3 aromatic rings. The lowest BCUT2D eigenvalue weighted by Crippen LogP contribution is -2.11. The van der Waals surface area contributed by atoms with Crippen molar-refractivity contribution in [1.82, 2.24) is 10.1 Å². The van der Waals surface area contributed by atoms with Gasteiger partial charge in [-0.05, 0) is 43.2 Å². The first-order valence-electron chi connectivity index (χ1n) is 7.70. The highest BCUT2D eigenvalue weighted by Gasteiger charge is 2.29. The molecule has 1 aromatic heterocycles. The van der Waals surface area contributed by atoms with E-state index in [-0.39, 0.29) is 5.91 Å². The van der Waals surface area contributed by atoms with Crippen LogP contribution in [0, 0.1) is 5.82 Å². The number of anilines is 1. The molecule has 1 N–H and O–H groups in total. The van der Waals surface area contributed by atoms with Crippen LogP contribution in [-0.4, -0.2) is 16.0 Å². The third-order valence-corrected chi connectivity index (χ3v) is 3.86. The van der Waals surface area contributed by atoms with Gasteiger partial charge in [-0.3, -0.25) is 4.79 Å². The van der Waals surface area contributed by atoms with Crippen molar-refractivity contribution >= 4 is 11.6 Å². The molecule has 0 spiro atoms. The van der Waals surface area contributed by atoms with E-state index in [1.165, 1.54) is 12.1 Å². The Hall–Kier alpha value is -3.02. The van der Waals surface area contributed by atoms with E-state index in [0.717, 1.165) is 18.4 Å². The predicted octanol–water partition coefficient (Wildman–Crippen LogP) is 4.01. The van der Waals surface area contributed by atoms with Gasteiger partial charge in [-0.25, -0.2) is 4.39 Å². The molecule has 1 saturated carbocycles. The minimum Gasteiger partial charge on any atom is -0.339 e. The number of hydrogen-bond acceptors (Lipinski definition) is 4. The van der Waals surface area contributed by atoms with Crippen molar-refractivity contribution in [1.29, 1.82) is 0 Å². The molecule has 0 unspecified atom stereocenters. The van der Waals surface area contributed by atoms with Crippen LogP contribution >= 0.6 is 0 Å². The SMILES string of the molecule is O=C(Nc1cccc(F)c1)c1ccc(-c2noc(C3CC3)n2)cc1. The summed E-state index contributed by atoms with van der Waals surface area (Å²) in [4.78, 5) is 16.6. The zero-order chi connectivity index (χ0) is 16.5. The molecule has 24 heavy (non-hydrogen) atoms. The van der Waals surface area contributed by atoms with E-state index < -0.39 is 5.82 Å². The minimum atomic E-state index is -0.397. The van der Waals surface area contributed by atoms with Crippen LogP contribution in [0.2, 0.25) is 0 Å². The summed E-state index contributed by atoms with van der Waals surface area (Å²) in [6.45, 7) is 0. The van der Waals surface area contributed by atoms with Gasteiger partial charge in [-0.1, -0.05) is 23.4 Å². The summed E-state index contributed by atoms with van der Waals surface area (Å²) >= 11 is 0. The van der Waals surface area contributed by atoms with E-state index in [1.807, 2.05) is 0 Å². The molecule has 6 heteroatoms. The average Bonchev–Trinajstić information content (AvgIpc) is 3.32. The van der Waals surface area contributed by atoms with Gasteiger partial charge >= 0.3 is 0 Å². The van der Waals surface area contributed by atoms with Crippen LogP contribution < -0.4 is 5.32 Å². The standard InChI is InChI=1S/C18H14FN3O2/c19-14-2-1-3-15(10-14)20-17(23)12-6-4-11(5-7-12)16-21-18(24-22-16)13-8-9-13/h1-7,10,13H,8-9H2,(H,20,23). The number of amides is 1. The van der Waals surface area contributed by atoms with Gasteiger partial charge in [0.05, 0.1) is 0 Å². The Morgan fingerprint density at radius 2 is 1.96 bits per heavy atom. The van der Waals surface area contributed by atoms with Crippen molar-refractivity contribution in [3.8, 4) is 11.4 Å². The molecular formula is C18H14FN3O2. The molecule has 1 amide bonds. The number of carbonyl (C=O) groups excluding carboxylic acids is 1. The zero-order valence-electron chi connectivity index (χ0n) is 12.7. The van der Waals surface area contributed by atoms with Crippen molar-refractivity contribution in [2.75, 3.05) is 5.32 Å². The van der Waals surface area contributed by atoms with Crippen molar-refractivity contribution < 1.29 is 13.7 Å². The topological polar surface area (TPSA) is 68.0 Å². The smallest absolute Gasteiger partial charge is 0.255 e. The first kappa shape index (κ1) is 14.6. The molecule has 120 valence electrons. The summed E-state index contributed by atoms with van der Waals surface area (Å²) in [6.07, 6.45) is 2.20. The number of benzene rings is 2. The van der Waals surface area contributed by atoms with Gasteiger partial charge in [-0.15, -0.1) is 0 Å². The first-order valence-corrected chi connectivity index (χ1v) is 7.70. The van der Waals surface area contributed by atoms with Crippen molar-refractivity contribution in [2.45, 2.75) is 18.8 Å². The van der Waals surface area contributed by atoms with E-state index >= 15 is 0 Å². The molecular weight excluding hydrogens is 309 g/mol. The number of hydrogen-bond donors (Lipinski definition) is 1. The van der Waals surface area contributed by atoms with Crippen LogP contribution in [0.15, 0.2) is 53.1 Å². The second kappa shape index (κ2) is 5.88. The molecule has 0 atom stereocenters. The van der Waals surface area contributed by atoms with Crippen LogP contribution in [0.25, 0.3) is 11.4 Å². The minimum absolute atomic E-state index is 0.307. The van der Waals surface area contributed by atoms with Crippen molar-refractivity contribution in [3.63, 3.8) is 0 Å². The van der Waals surface area contributed by atoms with Crippen LogP contribution in [0.4, 0.5) is 10.1 Å². The highest BCUT2D eigenvalue weighted by atomic mass is 19.1. The molecule has 1 fully saturated rings. The van der Waals surface area contributed by atoms with Crippen LogP contribution in [0.3, 0.4) is 0 Å². The fourth-order valence-corrected chi connectivity index (χ4v) is 2.39. The lowest BCUT2D eigenvalue weighted by molar-refractivity contribution is 0.102. The highest BCUT2D eigenvalue weighted by Crippen LogP contribution is 2.39. The fourth-order valence-electron chi connectivity index (χ4n) is 2.39. The van der Waals surface area contributed by atoms with Crippen molar-refractivity contribution in [2.24, 2.45) is 0 Å². The largest absolute Gasteiger partial charge is 0.339 e. The van der Waals surface area contributed by atoms with E-state index in [0.29, 0.717) is 28.9 Å². The van der Waals surface area contributed by atoms with Gasteiger partial charge in [0.2, 0.25) is 11.7 Å². The van der Waals surface area contributed by atoms with Crippen LogP contribution in [-0.2, 0) is 0 Å². The monoisotopic (exact) mass is 323 g/mol.